The first-order chi connectivity index (χ1) is 10.2. The Labute approximate surface area is 175 Å². The van der Waals surface area contributed by atoms with E-state index in [0.29, 0.717) is 6.42 Å². The van der Waals surface area contributed by atoms with E-state index in [-0.39, 0.29) is 34.7 Å². The molecule has 3 N–H and O–H groups in total. The fourth-order valence-electron chi connectivity index (χ4n) is 0.368. The second-order valence-corrected chi connectivity index (χ2v) is 6.39. The first-order valence-electron chi connectivity index (χ1n) is 4.65. The van der Waals surface area contributed by atoms with Crippen LogP contribution in [0.4, 0.5) is 0 Å². The summed E-state index contributed by atoms with van der Waals surface area (Å²) in [6.45, 7) is 0. The summed E-state index contributed by atoms with van der Waals surface area (Å²) in [5.41, 5.74) is 5.19. The van der Waals surface area contributed by atoms with Gasteiger partial charge in [-0.1, -0.05) is 0 Å². The van der Waals surface area contributed by atoms with E-state index in [1.54, 1.807) is 11.8 Å². The van der Waals surface area contributed by atoms with Crippen molar-refractivity contribution in [2.75, 3.05) is 12.0 Å². The molecule has 0 bridgehead atoms. The van der Waals surface area contributed by atoms with Gasteiger partial charge in [-0.05, 0) is 18.4 Å². The normalized spacial score (nSPS) is 11.2. The minimum Gasteiger partial charge on any atom is -0.759 e. The number of hydrogen-bond donors (Lipinski definition) is 2. The van der Waals surface area contributed by atoms with Gasteiger partial charge in [0, 0.05) is 31.2 Å². The topological polar surface area (TPSA) is 304 Å². The number of aliphatic carboxylic acids is 1. The van der Waals surface area contributed by atoms with E-state index >= 15 is 0 Å². The molecule has 0 amide bonds. The number of thioether (sulfide) groups is 1. The SMILES string of the molecule is CSCC[C@H](N)C(=O)O.O=S(=O)([O-])[O-].O=S(=O)([O-])[O-].O=S(=O)([O-])[O-].[Cr+3].[Cr+3]. The van der Waals surface area contributed by atoms with Crippen molar-refractivity contribution in [1.29, 1.82) is 0 Å². The quantitative estimate of drug-likeness (QED) is 0.254. The van der Waals surface area contributed by atoms with Crippen LogP contribution < -0.4 is 5.73 Å². The molecule has 0 rings (SSSR count). The van der Waals surface area contributed by atoms with Gasteiger partial charge in [0.05, 0.1) is 0 Å². The maximum Gasteiger partial charge on any atom is 3.00 e. The standard InChI is InChI=1S/C5H11NO2S.2Cr.3H2O4S/c1-9-3-2-4(6)5(7)8;;;3*1-5(2,3)4/h4H,2-3,6H2,1H3,(H,7,8);;;3*(H2,1,2,3,4)/q;2*+3;;;/p-6/t4-;;;;;/m0...../s1. The van der Waals surface area contributed by atoms with Gasteiger partial charge in [0.25, 0.3) is 0 Å². The molecule has 0 fully saturated rings. The van der Waals surface area contributed by atoms with Crippen molar-refractivity contribution < 1.29 is 97.2 Å². The summed E-state index contributed by atoms with van der Waals surface area (Å²) >= 11 is 1.60. The Kier molecular flexibility index (Phi) is 31.8. The minimum absolute atomic E-state index is 0. The van der Waals surface area contributed by atoms with E-state index in [9.17, 15) is 4.79 Å². The number of carboxylic acid groups (broad SMARTS) is 1. The van der Waals surface area contributed by atoms with Crippen LogP contribution in [0.25, 0.3) is 0 Å². The van der Waals surface area contributed by atoms with E-state index < -0.39 is 43.2 Å². The van der Waals surface area contributed by atoms with Crippen LogP contribution in [0.1, 0.15) is 6.42 Å². The molecule has 1 atom stereocenters. The predicted octanol–water partition coefficient (Wildman–Crippen LogP) is -3.87. The zero-order valence-electron chi connectivity index (χ0n) is 12.3. The van der Waals surface area contributed by atoms with Crippen LogP contribution in [0.15, 0.2) is 0 Å². The average molecular weight is 541 g/mol. The molecule has 15 nitrogen and oxygen atoms in total. The molecule has 0 aromatic rings. The molecule has 0 aliphatic carbocycles. The summed E-state index contributed by atoms with van der Waals surface area (Å²) in [7, 11) is -15.5. The van der Waals surface area contributed by atoms with Crippen molar-refractivity contribution in [2.45, 2.75) is 12.5 Å². The smallest absolute Gasteiger partial charge is 0.759 e. The Balaban J connectivity index is -0.0000000521. The minimum atomic E-state index is -5.17. The first kappa shape index (κ1) is 41.0. The average Bonchev–Trinajstić information content (AvgIpc) is 2.18. The Hall–Kier alpha value is 0.455. The molecule has 0 aliphatic heterocycles. The van der Waals surface area contributed by atoms with Gasteiger partial charge in [0.1, 0.15) is 6.04 Å². The Morgan fingerprint density at radius 3 is 1.19 bits per heavy atom. The van der Waals surface area contributed by atoms with E-state index in [1.807, 2.05) is 6.26 Å². The Morgan fingerprint density at radius 2 is 1.08 bits per heavy atom. The molecular weight excluding hydrogens is 530 g/mol. The van der Waals surface area contributed by atoms with E-state index in [2.05, 4.69) is 0 Å². The van der Waals surface area contributed by atoms with E-state index in [4.69, 9.17) is 63.4 Å². The van der Waals surface area contributed by atoms with Gasteiger partial charge < -0.3 is 38.2 Å². The van der Waals surface area contributed by atoms with Crippen molar-refractivity contribution in [1.82, 2.24) is 0 Å². The van der Waals surface area contributed by atoms with Crippen LogP contribution in [0.2, 0.25) is 0 Å². The van der Waals surface area contributed by atoms with Gasteiger partial charge >= 0.3 is 40.7 Å². The van der Waals surface area contributed by atoms with Crippen molar-refractivity contribution in [3.63, 3.8) is 0 Å². The number of rotatable bonds is 4. The van der Waals surface area contributed by atoms with Crippen molar-refractivity contribution in [3.05, 3.63) is 0 Å². The molecule has 156 valence electrons. The van der Waals surface area contributed by atoms with Crippen molar-refractivity contribution in [2.24, 2.45) is 5.73 Å². The van der Waals surface area contributed by atoms with Gasteiger partial charge in [-0.2, -0.15) is 11.8 Å². The van der Waals surface area contributed by atoms with E-state index in [1.165, 1.54) is 0 Å². The zero-order chi connectivity index (χ0) is 20.8. The number of carboxylic acids is 1. The molecular formula is C5H11Cr2NO14S4. The van der Waals surface area contributed by atoms with Crippen LogP contribution in [-0.4, -0.2) is 81.7 Å². The second-order valence-electron chi connectivity index (χ2n) is 2.95. The monoisotopic (exact) mass is 541 g/mol. The third kappa shape index (κ3) is 188. The number of carbonyl (C=O) groups is 1. The van der Waals surface area contributed by atoms with Crippen LogP contribution in [0, 0.1) is 0 Å². The summed E-state index contributed by atoms with van der Waals surface area (Å²) in [6.07, 6.45) is 2.48. The first-order valence-corrected chi connectivity index (χ1v) is 10.0. The van der Waals surface area contributed by atoms with Gasteiger partial charge in [-0.3, -0.25) is 30.0 Å². The summed E-state index contributed by atoms with van der Waals surface area (Å²) in [5, 5.41) is 8.27. The Bertz CT molecular complexity index is 535. The van der Waals surface area contributed by atoms with Gasteiger partial charge in [0.15, 0.2) is 0 Å². The summed E-state index contributed by atoms with van der Waals surface area (Å²) in [4.78, 5) is 10.1. The van der Waals surface area contributed by atoms with Crippen LogP contribution in [-0.2, 0) is 70.7 Å². The molecule has 0 unspecified atom stereocenters. The Morgan fingerprint density at radius 1 is 0.885 bits per heavy atom. The fraction of sp³-hybridized carbons (Fsp3) is 0.800. The molecule has 0 heterocycles. The molecule has 26 heavy (non-hydrogen) atoms. The summed E-state index contributed by atoms with van der Waals surface area (Å²) in [6, 6.07) is -0.683. The molecule has 0 aliphatic rings. The molecule has 2 radical (unpaired) electrons. The molecule has 0 aromatic heterocycles. The maximum atomic E-state index is 10.1. The van der Waals surface area contributed by atoms with Gasteiger partial charge in [0.2, 0.25) is 0 Å². The summed E-state index contributed by atoms with van der Waals surface area (Å²) in [5.74, 6) is -0.1000. The molecule has 0 saturated carbocycles. The van der Waals surface area contributed by atoms with Gasteiger partial charge in [-0.25, -0.2) is 0 Å². The fourth-order valence-corrected chi connectivity index (χ4v) is 0.858. The molecule has 0 saturated heterocycles. The van der Waals surface area contributed by atoms with Crippen LogP contribution in [0.5, 0.6) is 0 Å². The molecule has 21 heteroatoms. The predicted molar refractivity (Wildman–Crippen MR) is 70.0 cm³/mol. The van der Waals surface area contributed by atoms with Crippen molar-refractivity contribution >= 4 is 48.9 Å². The maximum absolute atomic E-state index is 10.1. The van der Waals surface area contributed by atoms with Crippen molar-refractivity contribution in [3.8, 4) is 0 Å². The number of hydrogen-bond acceptors (Lipinski definition) is 15. The molecule has 0 aromatic carbocycles. The zero-order valence-corrected chi connectivity index (χ0v) is 18.1. The van der Waals surface area contributed by atoms with Crippen LogP contribution >= 0.6 is 11.8 Å². The third-order valence-corrected chi connectivity index (χ3v) is 1.59. The number of nitrogens with two attached hydrogens (primary N) is 1. The second kappa shape index (κ2) is 20.2. The van der Waals surface area contributed by atoms with Crippen LogP contribution in [0.3, 0.4) is 0 Å². The summed E-state index contributed by atoms with van der Waals surface area (Å²) < 4.78 is 102. The largest absolute Gasteiger partial charge is 3.00 e. The van der Waals surface area contributed by atoms with E-state index in [0.717, 1.165) is 5.75 Å². The van der Waals surface area contributed by atoms with Gasteiger partial charge in [-0.15, -0.1) is 0 Å². The molecule has 0 spiro atoms. The third-order valence-electron chi connectivity index (χ3n) is 0.950.